The fourth-order valence-corrected chi connectivity index (χ4v) is 1.29. The molecule has 0 spiro atoms. The highest BCUT2D eigenvalue weighted by molar-refractivity contribution is 5.21. The van der Waals surface area contributed by atoms with Gasteiger partial charge in [-0.2, -0.15) is 13.2 Å². The molecule has 90 valence electrons. The Hall–Kier alpha value is -1.06. The topological polar surface area (TPSA) is 12.9 Å². The van der Waals surface area contributed by atoms with Crippen molar-refractivity contribution in [3.05, 3.63) is 29.6 Å². The molecule has 1 aromatic heterocycles. The van der Waals surface area contributed by atoms with Gasteiger partial charge in [0, 0.05) is 18.3 Å². The van der Waals surface area contributed by atoms with Crippen molar-refractivity contribution in [1.29, 1.82) is 0 Å². The number of pyridine rings is 1. The molecule has 0 aliphatic heterocycles. The van der Waals surface area contributed by atoms with Crippen molar-refractivity contribution < 1.29 is 13.2 Å². The molecule has 16 heavy (non-hydrogen) atoms. The Morgan fingerprint density at radius 2 is 1.75 bits per heavy atom. The van der Waals surface area contributed by atoms with Crippen LogP contribution in [0.1, 0.15) is 38.4 Å². The Bertz CT molecular complexity index is 333. The lowest BCUT2D eigenvalue weighted by Crippen LogP contribution is -2.12. The lowest BCUT2D eigenvalue weighted by Gasteiger charge is -2.18. The SMILES string of the molecule is CC(C)(C)c1ccc(CCC(F)(F)F)nc1. The summed E-state index contributed by atoms with van der Waals surface area (Å²) < 4.78 is 35.9. The van der Waals surface area contributed by atoms with Crippen LogP contribution >= 0.6 is 0 Å². The molecule has 1 nitrogen and oxygen atoms in total. The van der Waals surface area contributed by atoms with Crippen LogP contribution in [0, 0.1) is 0 Å². The maximum absolute atomic E-state index is 12.0. The highest BCUT2D eigenvalue weighted by Gasteiger charge is 2.26. The van der Waals surface area contributed by atoms with E-state index in [9.17, 15) is 13.2 Å². The number of aromatic nitrogens is 1. The van der Waals surface area contributed by atoms with Gasteiger partial charge >= 0.3 is 6.18 Å². The number of aryl methyl sites for hydroxylation is 1. The van der Waals surface area contributed by atoms with Gasteiger partial charge in [-0.3, -0.25) is 4.98 Å². The van der Waals surface area contributed by atoms with E-state index in [2.05, 4.69) is 4.98 Å². The minimum absolute atomic E-state index is 0.0183. The molecule has 1 aromatic rings. The summed E-state index contributed by atoms with van der Waals surface area (Å²) in [5.41, 5.74) is 1.50. The number of nitrogens with zero attached hydrogens (tertiary/aromatic N) is 1. The van der Waals surface area contributed by atoms with Crippen molar-refractivity contribution in [2.75, 3.05) is 0 Å². The molecule has 0 bridgehead atoms. The Balaban J connectivity index is 2.66. The van der Waals surface area contributed by atoms with E-state index >= 15 is 0 Å². The van der Waals surface area contributed by atoms with E-state index in [1.807, 2.05) is 26.8 Å². The van der Waals surface area contributed by atoms with Gasteiger partial charge < -0.3 is 0 Å². The van der Waals surface area contributed by atoms with E-state index in [-0.39, 0.29) is 11.8 Å². The summed E-state index contributed by atoms with van der Waals surface area (Å²) >= 11 is 0. The Morgan fingerprint density at radius 3 is 2.12 bits per heavy atom. The van der Waals surface area contributed by atoms with Crippen LogP contribution in [0.5, 0.6) is 0 Å². The first kappa shape index (κ1) is 13.0. The molecule has 0 atom stereocenters. The number of rotatable bonds is 2. The molecular formula is C12H16F3N. The van der Waals surface area contributed by atoms with Gasteiger partial charge in [-0.25, -0.2) is 0 Å². The fraction of sp³-hybridized carbons (Fsp3) is 0.583. The van der Waals surface area contributed by atoms with E-state index < -0.39 is 12.6 Å². The zero-order valence-corrected chi connectivity index (χ0v) is 9.73. The van der Waals surface area contributed by atoms with E-state index in [0.717, 1.165) is 5.56 Å². The molecule has 0 radical (unpaired) electrons. The molecule has 0 saturated heterocycles. The van der Waals surface area contributed by atoms with Crippen LogP contribution in [0.2, 0.25) is 0 Å². The summed E-state index contributed by atoms with van der Waals surface area (Å²) in [4.78, 5) is 4.05. The van der Waals surface area contributed by atoms with Crippen LogP contribution in [-0.4, -0.2) is 11.2 Å². The predicted octanol–water partition coefficient (Wildman–Crippen LogP) is 3.87. The van der Waals surface area contributed by atoms with Crippen molar-refractivity contribution >= 4 is 0 Å². The molecule has 4 heteroatoms. The van der Waals surface area contributed by atoms with E-state index in [0.29, 0.717) is 5.69 Å². The third kappa shape index (κ3) is 4.21. The first-order valence-corrected chi connectivity index (χ1v) is 5.21. The van der Waals surface area contributed by atoms with Crippen molar-refractivity contribution in [1.82, 2.24) is 4.98 Å². The number of alkyl halides is 3. The molecule has 0 aliphatic carbocycles. The standard InChI is InChI=1S/C12H16F3N/c1-11(2,3)9-4-5-10(16-8-9)6-7-12(13,14)15/h4-5,8H,6-7H2,1-3H3. The van der Waals surface area contributed by atoms with E-state index in [1.54, 1.807) is 12.3 Å². The number of hydrogen-bond acceptors (Lipinski definition) is 1. The Labute approximate surface area is 93.7 Å². The molecular weight excluding hydrogens is 215 g/mol. The second-order valence-electron chi connectivity index (χ2n) is 4.90. The lowest BCUT2D eigenvalue weighted by atomic mass is 9.88. The summed E-state index contributed by atoms with van der Waals surface area (Å²) in [5.74, 6) is 0. The number of halogens is 3. The van der Waals surface area contributed by atoms with Crippen molar-refractivity contribution in [3.63, 3.8) is 0 Å². The monoisotopic (exact) mass is 231 g/mol. The molecule has 0 unspecified atom stereocenters. The second kappa shape index (κ2) is 4.44. The van der Waals surface area contributed by atoms with Gasteiger partial charge in [-0.15, -0.1) is 0 Å². The highest BCUT2D eigenvalue weighted by atomic mass is 19.4. The van der Waals surface area contributed by atoms with Crippen LogP contribution in [-0.2, 0) is 11.8 Å². The first-order chi connectivity index (χ1) is 7.18. The van der Waals surface area contributed by atoms with E-state index in [4.69, 9.17) is 0 Å². The van der Waals surface area contributed by atoms with Crippen LogP contribution in [0.15, 0.2) is 18.3 Å². The van der Waals surface area contributed by atoms with Gasteiger partial charge in [0.1, 0.15) is 0 Å². The van der Waals surface area contributed by atoms with Gasteiger partial charge in [0.05, 0.1) is 0 Å². The molecule has 0 amide bonds. The average Bonchev–Trinajstić information content (AvgIpc) is 2.13. The van der Waals surface area contributed by atoms with E-state index in [1.165, 1.54) is 0 Å². The maximum Gasteiger partial charge on any atom is 0.389 e. The molecule has 0 fully saturated rings. The molecule has 1 rings (SSSR count). The van der Waals surface area contributed by atoms with Crippen molar-refractivity contribution in [2.24, 2.45) is 0 Å². The van der Waals surface area contributed by atoms with Gasteiger partial charge in [0.2, 0.25) is 0 Å². The summed E-state index contributed by atoms with van der Waals surface area (Å²) in [6, 6.07) is 3.52. The average molecular weight is 231 g/mol. The van der Waals surface area contributed by atoms with Gasteiger partial charge in [-0.1, -0.05) is 26.8 Å². The summed E-state index contributed by atoms with van der Waals surface area (Å²) in [6.45, 7) is 6.12. The predicted molar refractivity (Wildman–Crippen MR) is 57.3 cm³/mol. The van der Waals surface area contributed by atoms with Crippen LogP contribution in [0.3, 0.4) is 0 Å². The van der Waals surface area contributed by atoms with Crippen LogP contribution in [0.4, 0.5) is 13.2 Å². The lowest BCUT2D eigenvalue weighted by molar-refractivity contribution is -0.134. The number of hydrogen-bond donors (Lipinski definition) is 0. The zero-order valence-electron chi connectivity index (χ0n) is 9.73. The van der Waals surface area contributed by atoms with Gasteiger partial charge in [0.25, 0.3) is 0 Å². The van der Waals surface area contributed by atoms with Crippen molar-refractivity contribution in [3.8, 4) is 0 Å². The molecule has 0 aliphatic rings. The zero-order chi connectivity index (χ0) is 12.4. The fourth-order valence-electron chi connectivity index (χ4n) is 1.29. The molecule has 1 heterocycles. The Morgan fingerprint density at radius 1 is 1.12 bits per heavy atom. The highest BCUT2D eigenvalue weighted by Crippen LogP contribution is 2.23. The molecule has 0 aromatic carbocycles. The third-order valence-electron chi connectivity index (χ3n) is 2.36. The van der Waals surface area contributed by atoms with Gasteiger partial charge in [-0.05, 0) is 23.5 Å². The first-order valence-electron chi connectivity index (χ1n) is 5.21. The molecule has 0 saturated carbocycles. The molecule has 0 N–H and O–H groups in total. The van der Waals surface area contributed by atoms with Crippen LogP contribution < -0.4 is 0 Å². The minimum Gasteiger partial charge on any atom is -0.261 e. The summed E-state index contributed by atoms with van der Waals surface area (Å²) in [6.07, 6.45) is -3.31. The summed E-state index contributed by atoms with van der Waals surface area (Å²) in [7, 11) is 0. The van der Waals surface area contributed by atoms with Gasteiger partial charge in [0.15, 0.2) is 0 Å². The largest absolute Gasteiger partial charge is 0.389 e. The van der Waals surface area contributed by atoms with Crippen molar-refractivity contribution in [2.45, 2.75) is 45.2 Å². The Kier molecular flexibility index (Phi) is 3.61. The van der Waals surface area contributed by atoms with Crippen LogP contribution in [0.25, 0.3) is 0 Å². The minimum atomic E-state index is -4.11. The quantitative estimate of drug-likeness (QED) is 0.752. The maximum atomic E-state index is 12.0. The summed E-state index contributed by atoms with van der Waals surface area (Å²) in [5, 5.41) is 0. The third-order valence-corrected chi connectivity index (χ3v) is 2.36. The smallest absolute Gasteiger partial charge is 0.261 e. The normalized spacial score (nSPS) is 12.9. The second-order valence-corrected chi connectivity index (χ2v) is 4.90.